The summed E-state index contributed by atoms with van der Waals surface area (Å²) in [6.45, 7) is 9.75. The van der Waals surface area contributed by atoms with Crippen LogP contribution in [-0.2, 0) is 5.41 Å². The van der Waals surface area contributed by atoms with Gasteiger partial charge in [-0.05, 0) is 38.1 Å². The summed E-state index contributed by atoms with van der Waals surface area (Å²) in [4.78, 5) is 0. The highest BCUT2D eigenvalue weighted by atomic mass is 16.4. The molecule has 0 amide bonds. The second-order valence-corrected chi connectivity index (χ2v) is 6.55. The van der Waals surface area contributed by atoms with Gasteiger partial charge in [-0.25, -0.2) is 0 Å². The Hall–Kier alpha value is -0.900. The van der Waals surface area contributed by atoms with Gasteiger partial charge in [0, 0.05) is 5.41 Å². The molecule has 1 atom stereocenters. The van der Waals surface area contributed by atoms with Crippen LogP contribution in [0.5, 0.6) is 0 Å². The molecule has 0 aliphatic heterocycles. The Kier molecular flexibility index (Phi) is 5.19. The van der Waals surface area contributed by atoms with E-state index in [4.69, 9.17) is 4.42 Å². The van der Waals surface area contributed by atoms with Gasteiger partial charge >= 0.3 is 0 Å². The summed E-state index contributed by atoms with van der Waals surface area (Å²) in [6.07, 6.45) is 7.11. The van der Waals surface area contributed by atoms with Crippen molar-refractivity contribution in [2.24, 2.45) is 5.92 Å². The third kappa shape index (κ3) is 3.22. The molecule has 2 rings (SSSR count). The molecule has 1 aliphatic rings. The van der Waals surface area contributed by atoms with Gasteiger partial charge in [-0.3, -0.25) is 0 Å². The minimum atomic E-state index is 0.143. The van der Waals surface area contributed by atoms with Crippen LogP contribution < -0.4 is 5.32 Å². The molecule has 4 nitrogen and oxygen atoms in total. The third-order valence-electron chi connectivity index (χ3n) is 4.41. The van der Waals surface area contributed by atoms with Gasteiger partial charge in [0.05, 0.1) is 6.04 Å². The number of nitrogens with zero attached hydrogens (tertiary/aromatic N) is 2. The Morgan fingerprint density at radius 3 is 2.45 bits per heavy atom. The van der Waals surface area contributed by atoms with Gasteiger partial charge in [0.1, 0.15) is 0 Å². The molecule has 1 aromatic rings. The van der Waals surface area contributed by atoms with Crippen LogP contribution in [-0.4, -0.2) is 16.7 Å². The lowest BCUT2D eigenvalue weighted by molar-refractivity contribution is 0.259. The summed E-state index contributed by atoms with van der Waals surface area (Å²) in [5.74, 6) is 2.31. The summed E-state index contributed by atoms with van der Waals surface area (Å²) in [5, 5.41) is 12.2. The summed E-state index contributed by atoms with van der Waals surface area (Å²) in [7, 11) is 0. The number of hydrogen-bond donors (Lipinski definition) is 1. The molecule has 20 heavy (non-hydrogen) atoms. The second-order valence-electron chi connectivity index (χ2n) is 6.55. The highest BCUT2D eigenvalue weighted by molar-refractivity contribution is 5.08. The van der Waals surface area contributed by atoms with Crippen LogP contribution in [0.25, 0.3) is 0 Å². The maximum absolute atomic E-state index is 6.09. The zero-order chi connectivity index (χ0) is 14.6. The topological polar surface area (TPSA) is 51.0 Å². The molecule has 0 aromatic carbocycles. The Labute approximate surface area is 122 Å². The molecule has 114 valence electrons. The Morgan fingerprint density at radius 1 is 1.20 bits per heavy atom. The molecule has 1 heterocycles. The molecule has 1 fully saturated rings. The molecule has 0 radical (unpaired) electrons. The normalized spacial score (nSPS) is 19.6. The molecule has 1 unspecified atom stereocenters. The zero-order valence-corrected chi connectivity index (χ0v) is 13.4. The van der Waals surface area contributed by atoms with Gasteiger partial charge in [0.15, 0.2) is 0 Å². The average molecular weight is 279 g/mol. The first-order chi connectivity index (χ1) is 9.61. The minimum absolute atomic E-state index is 0.143. The smallest absolute Gasteiger partial charge is 0.233 e. The maximum Gasteiger partial charge on any atom is 0.233 e. The molecule has 1 aromatic heterocycles. The fourth-order valence-corrected chi connectivity index (χ4v) is 3.58. The minimum Gasteiger partial charge on any atom is -0.423 e. The molecule has 0 bridgehead atoms. The molecular formula is C16H29N3O. The van der Waals surface area contributed by atoms with Gasteiger partial charge in [-0.15, -0.1) is 10.2 Å². The van der Waals surface area contributed by atoms with E-state index in [2.05, 4.69) is 43.2 Å². The van der Waals surface area contributed by atoms with E-state index in [1.807, 2.05) is 0 Å². The average Bonchev–Trinajstić information content (AvgIpc) is 3.04. The summed E-state index contributed by atoms with van der Waals surface area (Å²) in [6, 6.07) is 0.193. The predicted octanol–water partition coefficient (Wildman–Crippen LogP) is 3.99. The largest absolute Gasteiger partial charge is 0.423 e. The van der Waals surface area contributed by atoms with E-state index in [-0.39, 0.29) is 11.5 Å². The van der Waals surface area contributed by atoms with E-state index in [9.17, 15) is 0 Å². The van der Waals surface area contributed by atoms with Gasteiger partial charge in [0.2, 0.25) is 11.8 Å². The van der Waals surface area contributed by atoms with Crippen molar-refractivity contribution in [3.8, 4) is 0 Å². The van der Waals surface area contributed by atoms with E-state index >= 15 is 0 Å². The molecule has 0 spiro atoms. The van der Waals surface area contributed by atoms with Crippen molar-refractivity contribution in [1.29, 1.82) is 0 Å². The van der Waals surface area contributed by atoms with E-state index in [1.54, 1.807) is 0 Å². The molecule has 4 heteroatoms. The lowest BCUT2D eigenvalue weighted by atomic mass is 9.78. The molecule has 1 aliphatic carbocycles. The molecule has 0 saturated heterocycles. The molecule has 1 N–H and O–H groups in total. The number of aromatic nitrogens is 2. The SMILES string of the molecule is CCNC(CC)c1nnc(C2(CC(C)C)CCCC2)o1. The first kappa shape index (κ1) is 15.5. The lowest BCUT2D eigenvalue weighted by Crippen LogP contribution is -2.25. The fourth-order valence-electron chi connectivity index (χ4n) is 3.58. The quantitative estimate of drug-likeness (QED) is 0.820. The maximum atomic E-state index is 6.09. The molecule has 1 saturated carbocycles. The van der Waals surface area contributed by atoms with Crippen molar-refractivity contribution >= 4 is 0 Å². The van der Waals surface area contributed by atoms with Crippen LogP contribution in [0, 0.1) is 5.92 Å². The number of nitrogens with one attached hydrogen (secondary N) is 1. The van der Waals surface area contributed by atoms with Crippen LogP contribution >= 0.6 is 0 Å². The standard InChI is InChI=1S/C16H29N3O/c1-5-13(17-6-2)14-18-19-15(20-14)16(11-12(3)4)9-7-8-10-16/h12-13,17H,5-11H2,1-4H3. The summed E-state index contributed by atoms with van der Waals surface area (Å²) >= 11 is 0. The van der Waals surface area contributed by atoms with Crippen molar-refractivity contribution in [2.45, 2.75) is 77.7 Å². The van der Waals surface area contributed by atoms with Gasteiger partial charge < -0.3 is 9.73 Å². The van der Waals surface area contributed by atoms with E-state index in [1.165, 1.54) is 25.7 Å². The Bertz CT molecular complexity index is 408. The van der Waals surface area contributed by atoms with E-state index in [0.29, 0.717) is 5.92 Å². The predicted molar refractivity (Wildman–Crippen MR) is 80.6 cm³/mol. The van der Waals surface area contributed by atoms with Crippen molar-refractivity contribution in [3.63, 3.8) is 0 Å². The highest BCUT2D eigenvalue weighted by Crippen LogP contribution is 2.45. The first-order valence-electron chi connectivity index (χ1n) is 8.18. The van der Waals surface area contributed by atoms with Crippen molar-refractivity contribution in [1.82, 2.24) is 15.5 Å². The van der Waals surface area contributed by atoms with Crippen molar-refractivity contribution < 1.29 is 4.42 Å². The molecular weight excluding hydrogens is 250 g/mol. The monoisotopic (exact) mass is 279 g/mol. The van der Waals surface area contributed by atoms with E-state index in [0.717, 1.165) is 31.2 Å². The number of rotatable bonds is 7. The number of hydrogen-bond acceptors (Lipinski definition) is 4. The Morgan fingerprint density at radius 2 is 1.90 bits per heavy atom. The van der Waals surface area contributed by atoms with Gasteiger partial charge in [-0.1, -0.05) is 40.5 Å². The van der Waals surface area contributed by atoms with Crippen LogP contribution in [0.3, 0.4) is 0 Å². The van der Waals surface area contributed by atoms with Crippen LogP contribution in [0.1, 0.15) is 84.0 Å². The fraction of sp³-hybridized carbons (Fsp3) is 0.875. The lowest BCUT2D eigenvalue weighted by Gasteiger charge is -2.26. The van der Waals surface area contributed by atoms with Crippen LogP contribution in [0.15, 0.2) is 4.42 Å². The van der Waals surface area contributed by atoms with Crippen molar-refractivity contribution in [2.75, 3.05) is 6.54 Å². The van der Waals surface area contributed by atoms with Crippen LogP contribution in [0.4, 0.5) is 0 Å². The Balaban J connectivity index is 2.20. The zero-order valence-electron chi connectivity index (χ0n) is 13.4. The summed E-state index contributed by atoms with van der Waals surface area (Å²) in [5.41, 5.74) is 0.143. The highest BCUT2D eigenvalue weighted by Gasteiger charge is 2.41. The van der Waals surface area contributed by atoms with Gasteiger partial charge in [-0.2, -0.15) is 0 Å². The summed E-state index contributed by atoms with van der Waals surface area (Å²) < 4.78 is 6.09. The first-order valence-corrected chi connectivity index (χ1v) is 8.18. The van der Waals surface area contributed by atoms with Crippen LogP contribution in [0.2, 0.25) is 0 Å². The van der Waals surface area contributed by atoms with Gasteiger partial charge in [0.25, 0.3) is 0 Å². The second kappa shape index (κ2) is 6.70. The third-order valence-corrected chi connectivity index (χ3v) is 4.41. The van der Waals surface area contributed by atoms with E-state index < -0.39 is 0 Å². The van der Waals surface area contributed by atoms with Crippen molar-refractivity contribution in [3.05, 3.63) is 11.8 Å².